The highest BCUT2D eigenvalue weighted by atomic mass is 35.5. The molecular weight excluding hydrogens is 1030 g/mol. The third kappa shape index (κ3) is 9.52. The average Bonchev–Trinajstić information content (AvgIpc) is 3.45. The van der Waals surface area contributed by atoms with E-state index in [-0.39, 0.29) is 46.0 Å². The topological polar surface area (TPSA) is 8.81 Å². The number of alkyl halides is 26. The van der Waals surface area contributed by atoms with Crippen molar-refractivity contribution >= 4 is 0 Å². The summed E-state index contributed by atoms with van der Waals surface area (Å²) in [6.45, 7) is 8.58. The Bertz CT molecular complexity index is 2080. The van der Waals surface area contributed by atoms with Gasteiger partial charge in [-0.05, 0) is 76.6 Å². The Hall–Kier alpha value is -3.88. The number of nitrogens with zero attached hydrogens (tertiary/aromatic N) is 2. The lowest BCUT2D eigenvalue weighted by molar-refractivity contribution is -0.604. The third-order valence-electron chi connectivity index (χ3n) is 10.7. The van der Waals surface area contributed by atoms with Crippen LogP contribution in [0.4, 0.5) is 114 Å². The molecule has 0 N–H and O–H groups in total. The number of aryl methyl sites for hydroxylation is 6. The second-order valence-electron chi connectivity index (χ2n) is 16.0. The molecule has 0 bridgehead atoms. The van der Waals surface area contributed by atoms with Crippen molar-refractivity contribution < 1.29 is 131 Å². The lowest BCUT2D eigenvalue weighted by Crippen LogP contribution is -3.00. The van der Waals surface area contributed by atoms with Crippen LogP contribution in [0.1, 0.15) is 70.5 Å². The molecule has 68 heavy (non-hydrogen) atoms. The molecule has 0 spiro atoms. The van der Waals surface area contributed by atoms with E-state index in [1.54, 1.807) is 0 Å². The summed E-state index contributed by atoms with van der Waals surface area (Å²) in [4.78, 5) is 0. The monoisotopic (exact) mass is 1060 g/mol. The van der Waals surface area contributed by atoms with Gasteiger partial charge >= 0.3 is 71.6 Å². The Labute approximate surface area is 374 Å². The molecule has 2 nitrogen and oxygen atoms in total. The summed E-state index contributed by atoms with van der Waals surface area (Å²) >= 11 is 0. The molecule has 0 saturated carbocycles. The minimum Gasteiger partial charge on any atom is -1.00 e. The number of hydrogen-bond acceptors (Lipinski definition) is 0. The van der Waals surface area contributed by atoms with Crippen LogP contribution < -0.4 is 17.0 Å². The summed E-state index contributed by atoms with van der Waals surface area (Å²) in [6, 6.07) is 5.75. The first-order chi connectivity index (χ1) is 29.6. The Balaban J connectivity index is 0.0000159. The van der Waals surface area contributed by atoms with Gasteiger partial charge < -0.3 is 12.4 Å². The summed E-state index contributed by atoms with van der Waals surface area (Å²) in [5.41, 5.74) is 0.656. The second-order valence-corrected chi connectivity index (χ2v) is 16.0. The number of aromatic nitrogens is 2. The van der Waals surface area contributed by atoms with Crippen LogP contribution in [-0.4, -0.2) is 76.1 Å². The molecule has 0 aliphatic heterocycles. The SMILES string of the molecule is Cc1cc(C)c(-n2c[n+](-c3c(C)cc(C)cc3C)c(CCCC(F)(F)C(F)(F)C(F)(F)C(F)(F)C(F)(F)C(F)(F)F)c2CCCC(F)(F)C(F)(F)C(F)(F)C(F)(F)C(F)(F)C(F)(F)F)c(C)c1.[Cl-]. The first kappa shape index (κ1) is 60.2. The van der Waals surface area contributed by atoms with Crippen molar-refractivity contribution in [1.29, 1.82) is 0 Å². The molecule has 390 valence electrons. The maximum atomic E-state index is 15.0. The zero-order valence-corrected chi connectivity index (χ0v) is 36.0. The minimum absolute atomic E-state index is 0. The summed E-state index contributed by atoms with van der Waals surface area (Å²) < 4.78 is 363. The van der Waals surface area contributed by atoms with Crippen LogP contribution in [0.5, 0.6) is 0 Å². The number of imidazole rings is 1. The first-order valence-corrected chi connectivity index (χ1v) is 18.8. The first-order valence-electron chi connectivity index (χ1n) is 18.8. The van der Waals surface area contributed by atoms with E-state index in [1.807, 2.05) is 0 Å². The predicted octanol–water partition coefficient (Wildman–Crippen LogP) is 11.7. The van der Waals surface area contributed by atoms with Gasteiger partial charge in [0.2, 0.25) is 0 Å². The third-order valence-corrected chi connectivity index (χ3v) is 10.7. The van der Waals surface area contributed by atoms with Crippen molar-refractivity contribution in [3.8, 4) is 11.4 Å². The van der Waals surface area contributed by atoms with Gasteiger partial charge in [0.25, 0.3) is 6.33 Å². The summed E-state index contributed by atoms with van der Waals surface area (Å²) in [7, 11) is 0. The lowest BCUT2D eigenvalue weighted by Gasteiger charge is -2.39. The summed E-state index contributed by atoms with van der Waals surface area (Å²) in [5.74, 6) is -77.5. The van der Waals surface area contributed by atoms with Crippen LogP contribution in [0.3, 0.4) is 0 Å². The molecule has 0 fully saturated rings. The molecule has 0 aliphatic rings. The van der Waals surface area contributed by atoms with Gasteiger partial charge in [-0.15, -0.1) is 0 Å². The molecule has 1 heterocycles. The normalized spacial score (nSPS) is 14.7. The Kier molecular flexibility index (Phi) is 16.3. The van der Waals surface area contributed by atoms with Gasteiger partial charge in [0, 0.05) is 25.7 Å². The standard InChI is InChI=1S/C39H35F26N2.ClH/c1-18-13-20(3)26(21(4)14-18)66-17-67(27-22(5)15-19(2)16-23(27)6)25(10-8-12-29(42,43)31(46,47)33(50,51)35(54,55)37(58,59)39(63,64)65)24(66)9-7-11-28(40,41)30(44,45)32(48,49)34(52,53)36(56,57)38(60,61)62;/h13-17H,7-12H2,1-6H3;1H/q+1;/p-1. The van der Waals surface area contributed by atoms with Crippen LogP contribution in [-0.2, 0) is 12.8 Å². The van der Waals surface area contributed by atoms with Gasteiger partial charge in [-0.1, -0.05) is 35.4 Å². The maximum Gasteiger partial charge on any atom is 0.460 e. The Morgan fingerprint density at radius 1 is 0.397 bits per heavy atom. The van der Waals surface area contributed by atoms with Crippen LogP contribution in [0.25, 0.3) is 11.4 Å². The molecule has 0 amide bonds. The van der Waals surface area contributed by atoms with E-state index in [1.165, 1.54) is 65.8 Å². The van der Waals surface area contributed by atoms with Crippen LogP contribution in [0.15, 0.2) is 30.6 Å². The van der Waals surface area contributed by atoms with E-state index in [0.717, 1.165) is 15.5 Å². The highest BCUT2D eigenvalue weighted by Crippen LogP contribution is 2.62. The largest absolute Gasteiger partial charge is 1.00 e. The summed E-state index contributed by atoms with van der Waals surface area (Å²) in [5, 5.41) is 0. The molecule has 0 unspecified atom stereocenters. The zero-order valence-electron chi connectivity index (χ0n) is 35.2. The van der Waals surface area contributed by atoms with E-state index in [2.05, 4.69) is 0 Å². The Morgan fingerprint density at radius 2 is 0.691 bits per heavy atom. The molecule has 0 aliphatic carbocycles. The van der Waals surface area contributed by atoms with Crippen molar-refractivity contribution in [3.63, 3.8) is 0 Å². The van der Waals surface area contributed by atoms with E-state index in [4.69, 9.17) is 0 Å². The van der Waals surface area contributed by atoms with Crippen molar-refractivity contribution in [3.05, 3.63) is 75.4 Å². The molecular formula is C39H35ClF26N2. The minimum atomic E-state index is -8.24. The molecule has 3 aromatic rings. The second kappa shape index (κ2) is 18.4. The molecule has 1 aromatic heterocycles. The van der Waals surface area contributed by atoms with Crippen molar-refractivity contribution in [1.82, 2.24) is 4.57 Å². The average molecular weight is 1060 g/mol. The quantitative estimate of drug-likeness (QED) is 0.0887. The van der Waals surface area contributed by atoms with Gasteiger partial charge in [0.1, 0.15) is 11.4 Å². The van der Waals surface area contributed by atoms with Crippen molar-refractivity contribution in [2.75, 3.05) is 0 Å². The van der Waals surface area contributed by atoms with Crippen LogP contribution in [0.2, 0.25) is 0 Å². The number of rotatable bonds is 18. The highest BCUT2D eigenvalue weighted by molar-refractivity contribution is 5.51. The van der Waals surface area contributed by atoms with E-state index >= 15 is 17.6 Å². The molecule has 2 aromatic carbocycles. The number of benzene rings is 2. The molecule has 29 heteroatoms. The Morgan fingerprint density at radius 3 is 1.01 bits per heavy atom. The smallest absolute Gasteiger partial charge is 0.460 e. The summed E-state index contributed by atoms with van der Waals surface area (Å²) in [6.07, 6.45) is -25.9. The van der Waals surface area contributed by atoms with E-state index in [9.17, 15) is 96.6 Å². The number of halogens is 27. The maximum absolute atomic E-state index is 15.0. The fourth-order valence-electron chi connectivity index (χ4n) is 7.43. The van der Waals surface area contributed by atoms with Gasteiger partial charge in [0.05, 0.1) is 0 Å². The van der Waals surface area contributed by atoms with E-state index in [0.29, 0.717) is 11.1 Å². The fraction of sp³-hybridized carbons (Fsp3) is 0.615. The van der Waals surface area contributed by atoms with Crippen LogP contribution in [0, 0.1) is 41.5 Å². The van der Waals surface area contributed by atoms with Crippen molar-refractivity contribution in [2.24, 2.45) is 0 Å². The molecule has 0 radical (unpaired) electrons. The fourth-order valence-corrected chi connectivity index (χ4v) is 7.43. The molecule has 3 rings (SSSR count). The van der Waals surface area contributed by atoms with Gasteiger partial charge in [-0.2, -0.15) is 123 Å². The van der Waals surface area contributed by atoms with Crippen LogP contribution >= 0.6 is 0 Å². The highest BCUT2D eigenvalue weighted by Gasteiger charge is 2.92. The molecule has 0 atom stereocenters. The number of hydrogen-bond donors (Lipinski definition) is 0. The lowest BCUT2D eigenvalue weighted by atomic mass is 9.91. The van der Waals surface area contributed by atoms with Gasteiger partial charge in [0.15, 0.2) is 11.4 Å². The van der Waals surface area contributed by atoms with E-state index < -0.39 is 121 Å². The zero-order chi connectivity index (χ0) is 52.7. The van der Waals surface area contributed by atoms with Gasteiger partial charge in [-0.3, -0.25) is 0 Å². The van der Waals surface area contributed by atoms with Crippen molar-refractivity contribution in [2.45, 2.75) is 152 Å². The van der Waals surface area contributed by atoms with Gasteiger partial charge in [-0.25, -0.2) is 0 Å². The predicted molar refractivity (Wildman–Crippen MR) is 183 cm³/mol. The molecule has 0 saturated heterocycles.